The molecular formula is C22H26N4S. The molecule has 4 nitrogen and oxygen atoms in total. The number of aliphatic imine (C=N–C) groups is 1. The van der Waals surface area contributed by atoms with E-state index in [1.165, 1.54) is 41.8 Å². The molecule has 0 spiro atoms. The van der Waals surface area contributed by atoms with E-state index in [0.29, 0.717) is 0 Å². The number of nitrogens with one attached hydrogen (secondary N) is 1. The summed E-state index contributed by atoms with van der Waals surface area (Å²) < 4.78 is 2.37. The Labute approximate surface area is 165 Å². The molecule has 0 amide bonds. The van der Waals surface area contributed by atoms with Gasteiger partial charge in [0, 0.05) is 41.8 Å². The Morgan fingerprint density at radius 1 is 1.11 bits per heavy atom. The smallest absolute Gasteiger partial charge is 0.188 e. The zero-order chi connectivity index (χ0) is 18.6. The van der Waals surface area contributed by atoms with Crippen molar-refractivity contribution in [3.05, 3.63) is 58.7 Å². The summed E-state index contributed by atoms with van der Waals surface area (Å²) in [6.45, 7) is 6.18. The number of hydrogen-bond donors (Lipinski definition) is 1. The number of nitrogens with zero attached hydrogens (tertiary/aromatic N) is 3. The molecule has 5 heteroatoms. The minimum absolute atomic E-state index is 0.893. The standard InChI is InChI=1S/C22H26N4S/c1-16-13-19(17(2)26(16)14-18-9-5-3-6-10-18)20-15-27-22(24-20)25-21-11-7-4-8-12-23-21/h3,5-6,9-10,13,15H,4,7-8,11-12,14H2,1-2H3,(H,23,24,25). The molecule has 0 atom stereocenters. The van der Waals surface area contributed by atoms with Gasteiger partial charge in [-0.25, -0.2) is 4.98 Å². The monoisotopic (exact) mass is 378 g/mol. The molecule has 0 radical (unpaired) electrons. The lowest BCUT2D eigenvalue weighted by molar-refractivity contribution is 0.731. The number of benzene rings is 1. The predicted octanol–water partition coefficient (Wildman–Crippen LogP) is 5.66. The second-order valence-electron chi connectivity index (χ2n) is 7.16. The highest BCUT2D eigenvalue weighted by molar-refractivity contribution is 7.14. The highest BCUT2D eigenvalue weighted by Crippen LogP contribution is 2.30. The molecule has 1 aliphatic rings. The third-order valence-electron chi connectivity index (χ3n) is 5.16. The Morgan fingerprint density at radius 3 is 2.81 bits per heavy atom. The molecule has 3 aromatic rings. The summed E-state index contributed by atoms with van der Waals surface area (Å²) in [5.41, 5.74) is 6.11. The molecule has 0 saturated carbocycles. The van der Waals surface area contributed by atoms with E-state index in [1.807, 2.05) is 0 Å². The van der Waals surface area contributed by atoms with Gasteiger partial charge in [0.25, 0.3) is 0 Å². The molecule has 0 aliphatic carbocycles. The van der Waals surface area contributed by atoms with Crippen LogP contribution in [-0.2, 0) is 6.54 Å². The number of anilines is 1. The zero-order valence-corrected chi connectivity index (χ0v) is 16.9. The van der Waals surface area contributed by atoms with Crippen LogP contribution in [0.2, 0.25) is 0 Å². The fourth-order valence-electron chi connectivity index (χ4n) is 3.62. The van der Waals surface area contributed by atoms with Crippen LogP contribution in [0.5, 0.6) is 0 Å². The number of hydrogen-bond acceptors (Lipinski definition) is 4. The minimum Gasteiger partial charge on any atom is -0.344 e. The molecule has 140 valence electrons. The van der Waals surface area contributed by atoms with Gasteiger partial charge < -0.3 is 9.88 Å². The van der Waals surface area contributed by atoms with Crippen molar-refractivity contribution in [1.29, 1.82) is 0 Å². The molecule has 0 unspecified atom stereocenters. The maximum Gasteiger partial charge on any atom is 0.188 e. The van der Waals surface area contributed by atoms with Gasteiger partial charge >= 0.3 is 0 Å². The van der Waals surface area contributed by atoms with Crippen molar-refractivity contribution in [2.75, 3.05) is 11.9 Å². The molecule has 1 N–H and O–H groups in total. The molecule has 1 aromatic carbocycles. The van der Waals surface area contributed by atoms with Crippen molar-refractivity contribution < 1.29 is 0 Å². The summed E-state index contributed by atoms with van der Waals surface area (Å²) >= 11 is 1.66. The third-order valence-corrected chi connectivity index (χ3v) is 5.92. The largest absolute Gasteiger partial charge is 0.344 e. The Hall–Kier alpha value is -2.40. The molecule has 3 heterocycles. The van der Waals surface area contributed by atoms with E-state index in [1.54, 1.807) is 11.3 Å². The summed E-state index contributed by atoms with van der Waals surface area (Å²) in [6, 6.07) is 12.9. The lowest BCUT2D eigenvalue weighted by Crippen LogP contribution is -2.11. The van der Waals surface area contributed by atoms with E-state index < -0.39 is 0 Å². The summed E-state index contributed by atoms with van der Waals surface area (Å²) in [7, 11) is 0. The van der Waals surface area contributed by atoms with E-state index in [4.69, 9.17) is 4.98 Å². The van der Waals surface area contributed by atoms with Crippen molar-refractivity contribution in [2.45, 2.75) is 46.1 Å². The molecule has 0 bridgehead atoms. The molecule has 2 aromatic heterocycles. The summed E-state index contributed by atoms with van der Waals surface area (Å²) in [6.07, 6.45) is 4.71. The number of thiazole rings is 1. The van der Waals surface area contributed by atoms with Gasteiger partial charge in [-0.05, 0) is 38.3 Å². The quantitative estimate of drug-likeness (QED) is 0.636. The van der Waals surface area contributed by atoms with Crippen molar-refractivity contribution in [3.8, 4) is 11.3 Å². The lowest BCUT2D eigenvalue weighted by atomic mass is 10.2. The van der Waals surface area contributed by atoms with Crippen LogP contribution < -0.4 is 5.32 Å². The van der Waals surface area contributed by atoms with E-state index in [-0.39, 0.29) is 0 Å². The fraction of sp³-hybridized carbons (Fsp3) is 0.364. The van der Waals surface area contributed by atoms with Gasteiger partial charge in [0.1, 0.15) is 5.84 Å². The normalized spacial score (nSPS) is 14.7. The van der Waals surface area contributed by atoms with Crippen LogP contribution in [0.15, 0.2) is 46.8 Å². The number of amidine groups is 1. The molecule has 0 saturated heterocycles. The SMILES string of the molecule is Cc1cc(-c2csc(NC3=NCCCCC3)n2)c(C)n1Cc1ccccc1. The summed E-state index contributed by atoms with van der Waals surface area (Å²) in [5, 5.41) is 6.53. The van der Waals surface area contributed by atoms with Gasteiger partial charge in [-0.15, -0.1) is 11.3 Å². The molecular weight excluding hydrogens is 352 g/mol. The van der Waals surface area contributed by atoms with Crippen molar-refractivity contribution in [1.82, 2.24) is 9.55 Å². The van der Waals surface area contributed by atoms with Gasteiger partial charge in [0.2, 0.25) is 0 Å². The van der Waals surface area contributed by atoms with Gasteiger partial charge in [0.05, 0.1) is 5.69 Å². The Morgan fingerprint density at radius 2 is 1.96 bits per heavy atom. The molecule has 1 aliphatic heterocycles. The van der Waals surface area contributed by atoms with Gasteiger partial charge in [0.15, 0.2) is 5.13 Å². The molecule has 4 rings (SSSR count). The number of aromatic nitrogens is 2. The fourth-order valence-corrected chi connectivity index (χ4v) is 4.35. The lowest BCUT2D eigenvalue weighted by Gasteiger charge is -2.09. The summed E-state index contributed by atoms with van der Waals surface area (Å²) in [5.74, 6) is 1.09. The Bertz CT molecular complexity index is 937. The first-order chi connectivity index (χ1) is 13.2. The van der Waals surface area contributed by atoms with Crippen LogP contribution in [0.4, 0.5) is 5.13 Å². The highest BCUT2D eigenvalue weighted by atomic mass is 32.1. The topological polar surface area (TPSA) is 42.2 Å². The van der Waals surface area contributed by atoms with E-state index >= 15 is 0 Å². The maximum atomic E-state index is 4.84. The number of rotatable bonds is 4. The Kier molecular flexibility index (Phi) is 5.39. The van der Waals surface area contributed by atoms with Crippen LogP contribution in [0.3, 0.4) is 0 Å². The first kappa shape index (κ1) is 18.0. The third kappa shape index (κ3) is 4.14. The average Bonchev–Trinajstić information content (AvgIpc) is 3.13. The molecule has 27 heavy (non-hydrogen) atoms. The average molecular weight is 379 g/mol. The van der Waals surface area contributed by atoms with Crippen LogP contribution >= 0.6 is 11.3 Å². The van der Waals surface area contributed by atoms with Crippen LogP contribution in [-0.4, -0.2) is 21.9 Å². The van der Waals surface area contributed by atoms with Crippen LogP contribution in [0.1, 0.15) is 42.6 Å². The maximum absolute atomic E-state index is 4.84. The highest BCUT2D eigenvalue weighted by Gasteiger charge is 2.15. The van der Waals surface area contributed by atoms with Crippen molar-refractivity contribution in [2.24, 2.45) is 4.99 Å². The van der Waals surface area contributed by atoms with Crippen molar-refractivity contribution >= 4 is 22.3 Å². The Balaban J connectivity index is 1.55. The first-order valence-electron chi connectivity index (χ1n) is 9.67. The second kappa shape index (κ2) is 8.09. The predicted molar refractivity (Wildman–Crippen MR) is 115 cm³/mol. The summed E-state index contributed by atoms with van der Waals surface area (Å²) in [4.78, 5) is 9.49. The first-order valence-corrected chi connectivity index (χ1v) is 10.6. The van der Waals surface area contributed by atoms with E-state index in [9.17, 15) is 0 Å². The van der Waals surface area contributed by atoms with Gasteiger partial charge in [-0.2, -0.15) is 0 Å². The van der Waals surface area contributed by atoms with Gasteiger partial charge in [-0.1, -0.05) is 36.8 Å². The van der Waals surface area contributed by atoms with Crippen LogP contribution in [0.25, 0.3) is 11.3 Å². The van der Waals surface area contributed by atoms with Crippen LogP contribution in [0, 0.1) is 13.8 Å². The molecule has 0 fully saturated rings. The zero-order valence-electron chi connectivity index (χ0n) is 16.0. The minimum atomic E-state index is 0.893. The van der Waals surface area contributed by atoms with E-state index in [2.05, 4.69) is 70.5 Å². The van der Waals surface area contributed by atoms with E-state index in [0.717, 1.165) is 36.2 Å². The van der Waals surface area contributed by atoms with Crippen molar-refractivity contribution in [3.63, 3.8) is 0 Å². The second-order valence-corrected chi connectivity index (χ2v) is 8.02. The number of aryl methyl sites for hydroxylation is 1. The van der Waals surface area contributed by atoms with Gasteiger partial charge in [-0.3, -0.25) is 4.99 Å².